The van der Waals surface area contributed by atoms with Gasteiger partial charge in [0.2, 0.25) is 0 Å². The van der Waals surface area contributed by atoms with E-state index in [2.05, 4.69) is 23.6 Å². The summed E-state index contributed by atoms with van der Waals surface area (Å²) in [6, 6.07) is 18.1. The lowest BCUT2D eigenvalue weighted by Gasteiger charge is -2.04. The third kappa shape index (κ3) is 4.92. The van der Waals surface area contributed by atoms with Gasteiger partial charge in [-0.3, -0.25) is 4.68 Å². The maximum atomic E-state index is 8.92. The van der Waals surface area contributed by atoms with E-state index in [0.29, 0.717) is 6.54 Å². The van der Waals surface area contributed by atoms with E-state index in [9.17, 15) is 0 Å². The predicted molar refractivity (Wildman–Crippen MR) is 102 cm³/mol. The fraction of sp³-hybridized carbons (Fsp3) is 0.250. The number of nitrogens with one attached hydrogen (secondary N) is 1. The maximum absolute atomic E-state index is 8.92. The van der Waals surface area contributed by atoms with E-state index in [0.717, 1.165) is 41.4 Å². The average molecular weight is 356 g/mol. The van der Waals surface area contributed by atoms with E-state index in [1.54, 1.807) is 0 Å². The molecule has 3 aromatic rings. The topological polar surface area (TPSA) is 50.1 Å². The maximum Gasteiger partial charge on any atom is 0.0968 e. The molecule has 0 aliphatic rings. The zero-order valence-electron chi connectivity index (χ0n) is 14.0. The summed E-state index contributed by atoms with van der Waals surface area (Å²) in [5, 5.41) is 17.8. The van der Waals surface area contributed by atoms with Gasteiger partial charge in [0.1, 0.15) is 0 Å². The van der Waals surface area contributed by atoms with Crippen molar-refractivity contribution < 1.29 is 5.11 Å². The molecular weight excluding hydrogens is 334 g/mol. The number of halogens is 1. The van der Waals surface area contributed by atoms with Crippen molar-refractivity contribution in [1.82, 2.24) is 15.1 Å². The average Bonchev–Trinajstić information content (AvgIpc) is 3.03. The minimum atomic E-state index is 0.199. The summed E-state index contributed by atoms with van der Waals surface area (Å²) >= 11 is 6.01. The largest absolute Gasteiger partial charge is 0.396 e. The summed E-state index contributed by atoms with van der Waals surface area (Å²) in [4.78, 5) is 0. The number of hydrogen-bond acceptors (Lipinski definition) is 3. The number of nitrogens with zero attached hydrogens (tertiary/aromatic N) is 2. The van der Waals surface area contributed by atoms with Gasteiger partial charge in [-0.25, -0.2) is 0 Å². The number of aliphatic hydroxyl groups is 1. The summed E-state index contributed by atoms with van der Waals surface area (Å²) in [7, 11) is 0. The van der Waals surface area contributed by atoms with Gasteiger partial charge in [-0.2, -0.15) is 5.10 Å². The van der Waals surface area contributed by atoms with Gasteiger partial charge in [0.15, 0.2) is 0 Å². The van der Waals surface area contributed by atoms with Crippen molar-refractivity contribution in [2.75, 3.05) is 13.2 Å². The fourth-order valence-electron chi connectivity index (χ4n) is 2.72. The van der Waals surface area contributed by atoms with Gasteiger partial charge in [0.05, 0.1) is 12.2 Å². The van der Waals surface area contributed by atoms with E-state index in [4.69, 9.17) is 21.8 Å². The van der Waals surface area contributed by atoms with Gasteiger partial charge in [-0.15, -0.1) is 0 Å². The van der Waals surface area contributed by atoms with Crippen LogP contribution in [0.25, 0.3) is 11.3 Å². The standard InChI is InChI=1S/C20H22ClN3O/c21-19-9-7-17(8-10-19)20-18(13-22-11-4-12-25)15-24(23-20)14-16-5-2-1-3-6-16/h1-3,5-10,15,22,25H,4,11-14H2. The predicted octanol–water partition coefficient (Wildman–Crippen LogP) is 3.72. The molecule has 0 fully saturated rings. The SMILES string of the molecule is OCCCNCc1cn(Cc2ccccc2)nc1-c1ccc(Cl)cc1. The highest BCUT2D eigenvalue weighted by molar-refractivity contribution is 6.30. The van der Waals surface area contributed by atoms with Crippen LogP contribution in [-0.2, 0) is 13.1 Å². The van der Waals surface area contributed by atoms with Crippen molar-refractivity contribution >= 4 is 11.6 Å². The molecule has 0 radical (unpaired) electrons. The number of aromatic nitrogens is 2. The third-order valence-corrected chi connectivity index (χ3v) is 4.22. The molecule has 0 saturated carbocycles. The van der Waals surface area contributed by atoms with Gasteiger partial charge in [-0.05, 0) is 30.7 Å². The Morgan fingerprint density at radius 1 is 1.04 bits per heavy atom. The minimum Gasteiger partial charge on any atom is -0.396 e. The monoisotopic (exact) mass is 355 g/mol. The van der Waals surface area contributed by atoms with E-state index in [1.807, 2.05) is 47.1 Å². The number of benzene rings is 2. The third-order valence-electron chi connectivity index (χ3n) is 3.97. The molecule has 1 aromatic heterocycles. The zero-order chi connectivity index (χ0) is 17.5. The molecule has 0 aliphatic carbocycles. The molecule has 5 heteroatoms. The molecule has 0 atom stereocenters. The molecule has 0 bridgehead atoms. The second kappa shape index (κ2) is 8.81. The van der Waals surface area contributed by atoms with Crippen LogP contribution in [0.2, 0.25) is 5.02 Å². The van der Waals surface area contributed by atoms with Crippen LogP contribution in [0.5, 0.6) is 0 Å². The minimum absolute atomic E-state index is 0.199. The van der Waals surface area contributed by atoms with Crippen LogP contribution in [0.1, 0.15) is 17.5 Å². The van der Waals surface area contributed by atoms with Crippen LogP contribution in [0.3, 0.4) is 0 Å². The van der Waals surface area contributed by atoms with Crippen LogP contribution in [0, 0.1) is 0 Å². The quantitative estimate of drug-likeness (QED) is 0.605. The van der Waals surface area contributed by atoms with Crippen molar-refractivity contribution in [2.24, 2.45) is 0 Å². The molecule has 0 unspecified atom stereocenters. The highest BCUT2D eigenvalue weighted by Gasteiger charge is 2.11. The molecule has 2 N–H and O–H groups in total. The Kier molecular flexibility index (Phi) is 6.23. The highest BCUT2D eigenvalue weighted by Crippen LogP contribution is 2.24. The van der Waals surface area contributed by atoms with Crippen molar-refractivity contribution in [1.29, 1.82) is 0 Å². The molecule has 1 heterocycles. The molecule has 0 spiro atoms. The molecule has 2 aromatic carbocycles. The fourth-order valence-corrected chi connectivity index (χ4v) is 2.85. The summed E-state index contributed by atoms with van der Waals surface area (Å²) in [5.41, 5.74) is 4.36. The van der Waals surface area contributed by atoms with Crippen LogP contribution < -0.4 is 5.32 Å². The molecule has 0 aliphatic heterocycles. The Balaban J connectivity index is 1.83. The van der Waals surface area contributed by atoms with Crippen LogP contribution in [0.15, 0.2) is 60.8 Å². The zero-order valence-corrected chi connectivity index (χ0v) is 14.8. The van der Waals surface area contributed by atoms with Crippen molar-refractivity contribution in [3.63, 3.8) is 0 Å². The van der Waals surface area contributed by atoms with Gasteiger partial charge >= 0.3 is 0 Å². The van der Waals surface area contributed by atoms with Gasteiger partial charge in [0.25, 0.3) is 0 Å². The molecule has 3 rings (SSSR count). The number of aliphatic hydroxyl groups excluding tert-OH is 1. The second-order valence-electron chi connectivity index (χ2n) is 5.95. The van der Waals surface area contributed by atoms with Crippen LogP contribution >= 0.6 is 11.6 Å². The van der Waals surface area contributed by atoms with Gasteiger partial charge in [-0.1, -0.05) is 54.1 Å². The van der Waals surface area contributed by atoms with Crippen LogP contribution in [-0.4, -0.2) is 28.0 Å². The summed E-state index contributed by atoms with van der Waals surface area (Å²) < 4.78 is 1.97. The van der Waals surface area contributed by atoms with Crippen molar-refractivity contribution in [3.05, 3.63) is 76.9 Å². The van der Waals surface area contributed by atoms with E-state index in [-0.39, 0.29) is 6.61 Å². The van der Waals surface area contributed by atoms with E-state index < -0.39 is 0 Å². The smallest absolute Gasteiger partial charge is 0.0968 e. The van der Waals surface area contributed by atoms with Gasteiger partial charge in [0, 0.05) is 35.5 Å². The number of rotatable bonds is 8. The van der Waals surface area contributed by atoms with Crippen molar-refractivity contribution in [3.8, 4) is 11.3 Å². The summed E-state index contributed by atoms with van der Waals surface area (Å²) in [5.74, 6) is 0. The summed E-state index contributed by atoms with van der Waals surface area (Å²) in [6.45, 7) is 2.43. The lowest BCUT2D eigenvalue weighted by Crippen LogP contribution is -2.15. The lowest BCUT2D eigenvalue weighted by atomic mass is 10.1. The Hall–Kier alpha value is -2.14. The first kappa shape index (κ1) is 17.7. The first-order valence-electron chi connectivity index (χ1n) is 8.44. The van der Waals surface area contributed by atoms with E-state index in [1.165, 1.54) is 5.56 Å². The molecule has 0 saturated heterocycles. The molecule has 130 valence electrons. The highest BCUT2D eigenvalue weighted by atomic mass is 35.5. The van der Waals surface area contributed by atoms with E-state index >= 15 is 0 Å². The van der Waals surface area contributed by atoms with Gasteiger partial charge < -0.3 is 10.4 Å². The molecule has 4 nitrogen and oxygen atoms in total. The Morgan fingerprint density at radius 2 is 1.80 bits per heavy atom. The first-order chi connectivity index (χ1) is 12.3. The Bertz CT molecular complexity index is 784. The Labute approximate surface area is 153 Å². The molecule has 0 amide bonds. The normalized spacial score (nSPS) is 11.0. The first-order valence-corrected chi connectivity index (χ1v) is 8.82. The number of hydrogen-bond donors (Lipinski definition) is 2. The van der Waals surface area contributed by atoms with Crippen molar-refractivity contribution in [2.45, 2.75) is 19.5 Å². The lowest BCUT2D eigenvalue weighted by molar-refractivity contribution is 0.286. The van der Waals surface area contributed by atoms with Crippen LogP contribution in [0.4, 0.5) is 0 Å². The molecular formula is C20H22ClN3O. The molecule has 25 heavy (non-hydrogen) atoms. The summed E-state index contributed by atoms with van der Waals surface area (Å²) in [6.07, 6.45) is 2.83. The Morgan fingerprint density at radius 3 is 2.52 bits per heavy atom. The second-order valence-corrected chi connectivity index (χ2v) is 6.38.